The molecule has 1 saturated heterocycles. The van der Waals surface area contributed by atoms with Gasteiger partial charge in [-0.1, -0.05) is 59.6 Å². The number of rotatable bonds is 7. The van der Waals surface area contributed by atoms with Gasteiger partial charge in [-0.15, -0.1) is 0 Å². The summed E-state index contributed by atoms with van der Waals surface area (Å²) in [5.41, 5.74) is 1.93. The normalized spacial score (nSPS) is 14.8. The fourth-order valence-corrected chi connectivity index (χ4v) is 4.48. The Morgan fingerprint density at radius 1 is 0.909 bits per heavy atom. The topological polar surface area (TPSA) is 55.8 Å². The molecule has 3 aromatic carbocycles. The van der Waals surface area contributed by atoms with E-state index in [0.29, 0.717) is 44.3 Å². The summed E-state index contributed by atoms with van der Waals surface area (Å²) < 4.78 is 11.7. The van der Waals surface area contributed by atoms with Gasteiger partial charge in [-0.25, -0.2) is 4.90 Å². The third-order valence-electron chi connectivity index (χ3n) is 4.79. The molecule has 0 bridgehead atoms. The molecule has 0 unspecified atom stereocenters. The number of carbonyl (C=O) groups excluding carboxylic acids is 2. The smallest absolute Gasteiger partial charge is 0.298 e. The number of hydrogen-bond acceptors (Lipinski definition) is 5. The Hall–Kier alpha value is -2.93. The molecule has 5 nitrogen and oxygen atoms in total. The Kier molecular flexibility index (Phi) is 7.28. The molecule has 8 heteroatoms. The average Bonchev–Trinajstić information content (AvgIpc) is 3.07. The van der Waals surface area contributed by atoms with Crippen molar-refractivity contribution in [2.24, 2.45) is 0 Å². The van der Waals surface area contributed by atoms with Crippen molar-refractivity contribution in [1.29, 1.82) is 0 Å². The number of hydrogen-bond donors (Lipinski definition) is 0. The minimum Gasteiger partial charge on any atom is -0.490 e. The highest BCUT2D eigenvalue weighted by Crippen LogP contribution is 2.39. The van der Waals surface area contributed by atoms with Gasteiger partial charge in [0.15, 0.2) is 11.5 Å². The fourth-order valence-electron chi connectivity index (χ4n) is 3.23. The van der Waals surface area contributed by atoms with Crippen LogP contribution in [0.5, 0.6) is 11.5 Å². The molecule has 4 rings (SSSR count). The standard InChI is InChI=1S/C25H19Cl2NO4S/c1-2-31-22-13-16(11-12-21(22)32-15-17-7-3-4-8-18(17)26)14-23-24(29)28(25(30)33-23)20-10-6-5-9-19(20)27/h3-14H,2,15H2,1H3/b23-14-. The Morgan fingerprint density at radius 3 is 2.36 bits per heavy atom. The first-order valence-electron chi connectivity index (χ1n) is 10.1. The molecule has 0 aliphatic carbocycles. The highest BCUT2D eigenvalue weighted by Gasteiger charge is 2.37. The van der Waals surface area contributed by atoms with Crippen molar-refractivity contribution in [1.82, 2.24) is 0 Å². The molecule has 168 valence electrons. The van der Waals surface area contributed by atoms with Crippen LogP contribution in [-0.2, 0) is 11.4 Å². The summed E-state index contributed by atoms with van der Waals surface area (Å²) in [7, 11) is 0. The van der Waals surface area contributed by atoms with Gasteiger partial charge < -0.3 is 9.47 Å². The summed E-state index contributed by atoms with van der Waals surface area (Å²) in [6.45, 7) is 2.60. The second kappa shape index (κ2) is 10.3. The van der Waals surface area contributed by atoms with E-state index in [4.69, 9.17) is 32.7 Å². The van der Waals surface area contributed by atoms with Crippen molar-refractivity contribution < 1.29 is 19.1 Å². The summed E-state index contributed by atoms with van der Waals surface area (Å²) in [6, 6.07) is 19.5. The number of ether oxygens (including phenoxy) is 2. The molecule has 1 fully saturated rings. The first-order chi connectivity index (χ1) is 16.0. The zero-order valence-corrected chi connectivity index (χ0v) is 19.9. The Morgan fingerprint density at radius 2 is 1.64 bits per heavy atom. The number of anilines is 1. The third-order valence-corrected chi connectivity index (χ3v) is 6.35. The SMILES string of the molecule is CCOc1cc(/C=C2\SC(=O)N(c3ccccc3Cl)C2=O)ccc1OCc1ccccc1Cl. The second-order valence-electron chi connectivity index (χ2n) is 6.99. The largest absolute Gasteiger partial charge is 0.490 e. The lowest BCUT2D eigenvalue weighted by molar-refractivity contribution is -0.113. The van der Waals surface area contributed by atoms with Crippen LogP contribution in [-0.4, -0.2) is 17.8 Å². The fraction of sp³-hybridized carbons (Fsp3) is 0.120. The zero-order valence-electron chi connectivity index (χ0n) is 17.6. The van der Waals surface area contributed by atoms with Gasteiger partial charge in [0.2, 0.25) is 0 Å². The number of thioether (sulfide) groups is 1. The third kappa shape index (κ3) is 5.19. The van der Waals surface area contributed by atoms with Crippen LogP contribution in [0.15, 0.2) is 71.6 Å². The molecule has 0 radical (unpaired) electrons. The summed E-state index contributed by atoms with van der Waals surface area (Å²) in [4.78, 5) is 26.8. The van der Waals surface area contributed by atoms with Crippen molar-refractivity contribution in [3.05, 3.63) is 92.8 Å². The first kappa shape index (κ1) is 23.2. The van der Waals surface area contributed by atoms with E-state index in [1.807, 2.05) is 31.2 Å². The summed E-state index contributed by atoms with van der Waals surface area (Å²) in [6.07, 6.45) is 1.65. The van der Waals surface area contributed by atoms with E-state index >= 15 is 0 Å². The molecule has 1 aliphatic rings. The number of amides is 2. The number of halogens is 2. The van der Waals surface area contributed by atoms with Gasteiger partial charge in [-0.3, -0.25) is 9.59 Å². The van der Waals surface area contributed by atoms with Crippen molar-refractivity contribution in [3.8, 4) is 11.5 Å². The molecule has 0 N–H and O–H groups in total. The van der Waals surface area contributed by atoms with E-state index in [2.05, 4.69) is 0 Å². The molecular formula is C25H19Cl2NO4S. The first-order valence-corrected chi connectivity index (χ1v) is 11.7. The minimum atomic E-state index is -0.421. The monoisotopic (exact) mass is 499 g/mol. The molecule has 0 aromatic heterocycles. The van der Waals surface area contributed by atoms with Gasteiger partial charge in [0.25, 0.3) is 11.1 Å². The molecule has 33 heavy (non-hydrogen) atoms. The van der Waals surface area contributed by atoms with Crippen LogP contribution < -0.4 is 14.4 Å². The number of imide groups is 1. The molecule has 2 amide bonds. The average molecular weight is 500 g/mol. The molecular weight excluding hydrogens is 481 g/mol. The van der Waals surface area contributed by atoms with Crippen LogP contribution in [0.25, 0.3) is 6.08 Å². The van der Waals surface area contributed by atoms with Crippen LogP contribution in [0.4, 0.5) is 10.5 Å². The van der Waals surface area contributed by atoms with Crippen LogP contribution in [0.2, 0.25) is 10.0 Å². The van der Waals surface area contributed by atoms with Crippen LogP contribution in [0, 0.1) is 0 Å². The number of para-hydroxylation sites is 1. The molecule has 0 spiro atoms. The number of benzene rings is 3. The lowest BCUT2D eigenvalue weighted by Crippen LogP contribution is -2.27. The van der Waals surface area contributed by atoms with Gasteiger partial charge in [0.05, 0.1) is 22.2 Å². The Labute approximate surface area is 205 Å². The molecule has 0 atom stereocenters. The predicted octanol–water partition coefficient (Wildman–Crippen LogP) is 7.21. The van der Waals surface area contributed by atoms with E-state index in [-0.39, 0.29) is 6.61 Å². The van der Waals surface area contributed by atoms with E-state index < -0.39 is 11.1 Å². The maximum absolute atomic E-state index is 12.9. The Balaban J connectivity index is 1.57. The van der Waals surface area contributed by atoms with E-state index in [0.717, 1.165) is 22.2 Å². The van der Waals surface area contributed by atoms with Gasteiger partial charge >= 0.3 is 0 Å². The van der Waals surface area contributed by atoms with Gasteiger partial charge in [0.1, 0.15) is 6.61 Å². The van der Waals surface area contributed by atoms with Crippen LogP contribution >= 0.6 is 35.0 Å². The number of nitrogens with zero attached hydrogens (tertiary/aromatic N) is 1. The zero-order chi connectivity index (χ0) is 23.4. The van der Waals surface area contributed by atoms with E-state index in [9.17, 15) is 9.59 Å². The van der Waals surface area contributed by atoms with Crippen molar-refractivity contribution >= 4 is 57.9 Å². The van der Waals surface area contributed by atoms with Gasteiger partial charge in [-0.05, 0) is 60.7 Å². The number of carbonyl (C=O) groups is 2. The van der Waals surface area contributed by atoms with E-state index in [1.165, 1.54) is 0 Å². The summed E-state index contributed by atoms with van der Waals surface area (Å²) in [5.74, 6) is 0.664. The Bertz CT molecular complexity index is 1240. The molecule has 3 aromatic rings. The lowest BCUT2D eigenvalue weighted by atomic mass is 10.1. The highest BCUT2D eigenvalue weighted by molar-refractivity contribution is 8.19. The molecule has 1 aliphatic heterocycles. The quantitative estimate of drug-likeness (QED) is 0.321. The van der Waals surface area contributed by atoms with Crippen LogP contribution in [0.3, 0.4) is 0 Å². The maximum Gasteiger partial charge on any atom is 0.298 e. The summed E-state index contributed by atoms with van der Waals surface area (Å²) in [5, 5.41) is 0.560. The van der Waals surface area contributed by atoms with Crippen molar-refractivity contribution in [2.45, 2.75) is 13.5 Å². The highest BCUT2D eigenvalue weighted by atomic mass is 35.5. The lowest BCUT2D eigenvalue weighted by Gasteiger charge is -2.14. The summed E-state index contributed by atoms with van der Waals surface area (Å²) >= 11 is 13.3. The van der Waals surface area contributed by atoms with Crippen molar-refractivity contribution in [3.63, 3.8) is 0 Å². The molecule has 0 saturated carbocycles. The minimum absolute atomic E-state index is 0.288. The van der Waals surface area contributed by atoms with Gasteiger partial charge in [0, 0.05) is 10.6 Å². The van der Waals surface area contributed by atoms with Crippen molar-refractivity contribution in [2.75, 3.05) is 11.5 Å². The van der Waals surface area contributed by atoms with Crippen LogP contribution in [0.1, 0.15) is 18.1 Å². The van der Waals surface area contributed by atoms with Gasteiger partial charge in [-0.2, -0.15) is 0 Å². The van der Waals surface area contributed by atoms with E-state index in [1.54, 1.807) is 48.5 Å². The maximum atomic E-state index is 12.9. The predicted molar refractivity (Wildman–Crippen MR) is 133 cm³/mol. The second-order valence-corrected chi connectivity index (χ2v) is 8.80. The molecule has 1 heterocycles.